The molecule has 0 atom stereocenters. The molecule has 0 amide bonds. The molecule has 0 spiro atoms. The van der Waals surface area contributed by atoms with E-state index in [1.165, 1.54) is 12.1 Å². The first-order chi connectivity index (χ1) is 8.09. The molecule has 0 aromatic heterocycles. The van der Waals surface area contributed by atoms with E-state index in [1.807, 2.05) is 0 Å². The fraction of sp³-hybridized carbons (Fsp3) is 0. The third-order valence-electron chi connectivity index (χ3n) is 2.30. The number of benzene rings is 2. The summed E-state index contributed by atoms with van der Waals surface area (Å²) >= 11 is 11.5. The van der Waals surface area contributed by atoms with Crippen molar-refractivity contribution in [1.82, 2.24) is 0 Å². The first-order valence-electron chi connectivity index (χ1n) is 4.84. The van der Waals surface area contributed by atoms with Crippen molar-refractivity contribution in [2.75, 3.05) is 0 Å². The van der Waals surface area contributed by atoms with Crippen LogP contribution in [0.4, 0.5) is 4.39 Å². The second kappa shape index (κ2) is 4.86. The van der Waals surface area contributed by atoms with E-state index >= 15 is 0 Å². The van der Waals surface area contributed by atoms with E-state index in [1.54, 1.807) is 24.3 Å². The van der Waals surface area contributed by atoms with Crippen LogP contribution in [0.25, 0.3) is 0 Å². The lowest BCUT2D eigenvalue weighted by molar-refractivity contribution is 0.103. The highest BCUT2D eigenvalue weighted by molar-refractivity contribution is 6.35. The summed E-state index contributed by atoms with van der Waals surface area (Å²) in [6, 6.07) is 10.5. The Kier molecular flexibility index (Phi) is 3.46. The number of carbonyl (C=O) groups excluding carboxylic acids is 1. The summed E-state index contributed by atoms with van der Waals surface area (Å²) in [5.41, 5.74) is 0.682. The Balaban J connectivity index is 2.44. The molecule has 0 saturated heterocycles. The zero-order chi connectivity index (χ0) is 12.4. The van der Waals surface area contributed by atoms with Gasteiger partial charge in [-0.05, 0) is 30.3 Å². The minimum absolute atomic E-state index is 0.0806. The van der Waals surface area contributed by atoms with Crippen LogP contribution in [0.5, 0.6) is 0 Å². The van der Waals surface area contributed by atoms with Crippen molar-refractivity contribution in [3.8, 4) is 0 Å². The maximum Gasteiger partial charge on any atom is 0.194 e. The van der Waals surface area contributed by atoms with Gasteiger partial charge in [0.1, 0.15) is 5.82 Å². The predicted molar refractivity (Wildman–Crippen MR) is 66.3 cm³/mol. The molecule has 0 fully saturated rings. The van der Waals surface area contributed by atoms with Gasteiger partial charge in [-0.3, -0.25) is 4.79 Å². The zero-order valence-corrected chi connectivity index (χ0v) is 10.1. The highest BCUT2D eigenvalue weighted by atomic mass is 35.5. The molecule has 0 aliphatic rings. The predicted octanol–water partition coefficient (Wildman–Crippen LogP) is 4.36. The highest BCUT2D eigenvalue weighted by Crippen LogP contribution is 2.22. The fourth-order valence-corrected chi connectivity index (χ4v) is 1.84. The largest absolute Gasteiger partial charge is 0.289 e. The van der Waals surface area contributed by atoms with Gasteiger partial charge >= 0.3 is 0 Å². The molecule has 0 saturated carbocycles. The molecule has 0 heterocycles. The van der Waals surface area contributed by atoms with Crippen LogP contribution in [0.2, 0.25) is 10.0 Å². The van der Waals surface area contributed by atoms with E-state index in [0.29, 0.717) is 16.1 Å². The lowest BCUT2D eigenvalue weighted by Crippen LogP contribution is -2.02. The Labute approximate surface area is 108 Å². The number of rotatable bonds is 2. The quantitative estimate of drug-likeness (QED) is 0.740. The van der Waals surface area contributed by atoms with Gasteiger partial charge in [0.15, 0.2) is 5.78 Å². The minimum atomic E-state index is -0.553. The second-order valence-electron chi connectivity index (χ2n) is 3.44. The number of halogens is 3. The maximum atomic E-state index is 13.0. The average Bonchev–Trinajstić information content (AvgIpc) is 2.32. The van der Waals surface area contributed by atoms with E-state index in [9.17, 15) is 9.18 Å². The van der Waals surface area contributed by atoms with Crippen molar-refractivity contribution in [3.05, 3.63) is 69.5 Å². The van der Waals surface area contributed by atoms with Crippen LogP contribution in [-0.2, 0) is 0 Å². The Hall–Kier alpha value is -1.38. The monoisotopic (exact) mass is 268 g/mol. The maximum absolute atomic E-state index is 13.0. The molecule has 0 aliphatic heterocycles. The average molecular weight is 269 g/mol. The summed E-state index contributed by atoms with van der Waals surface area (Å²) in [5, 5.41) is 0.279. The van der Waals surface area contributed by atoms with Gasteiger partial charge in [-0.15, -0.1) is 0 Å². The van der Waals surface area contributed by atoms with Crippen molar-refractivity contribution in [3.63, 3.8) is 0 Å². The van der Waals surface area contributed by atoms with Gasteiger partial charge in [0.2, 0.25) is 0 Å². The Morgan fingerprint density at radius 3 is 2.35 bits per heavy atom. The first kappa shape index (κ1) is 12.1. The molecule has 0 unspecified atom stereocenters. The third kappa shape index (κ3) is 2.48. The van der Waals surface area contributed by atoms with Crippen molar-refractivity contribution < 1.29 is 9.18 Å². The summed E-state index contributed by atoms with van der Waals surface area (Å²) in [4.78, 5) is 12.1. The van der Waals surface area contributed by atoms with E-state index in [4.69, 9.17) is 23.2 Å². The molecular formula is C13H7Cl2FO. The smallest absolute Gasteiger partial charge is 0.194 e. The van der Waals surface area contributed by atoms with Crippen molar-refractivity contribution in [1.29, 1.82) is 0 Å². The van der Waals surface area contributed by atoms with Gasteiger partial charge < -0.3 is 0 Å². The molecule has 0 bridgehead atoms. The van der Waals surface area contributed by atoms with Crippen molar-refractivity contribution in [2.45, 2.75) is 0 Å². The summed E-state index contributed by atoms with van der Waals surface area (Å²) in [6.07, 6.45) is 0. The van der Waals surface area contributed by atoms with Gasteiger partial charge in [0, 0.05) is 11.1 Å². The molecule has 0 aliphatic carbocycles. The fourth-order valence-electron chi connectivity index (χ4n) is 1.44. The molecule has 2 rings (SSSR count). The van der Waals surface area contributed by atoms with E-state index in [2.05, 4.69) is 0 Å². The van der Waals surface area contributed by atoms with Crippen LogP contribution < -0.4 is 0 Å². The number of ketones is 1. The third-order valence-corrected chi connectivity index (χ3v) is 2.92. The summed E-state index contributed by atoms with van der Waals surface area (Å²) in [6.45, 7) is 0. The van der Waals surface area contributed by atoms with E-state index in [-0.39, 0.29) is 10.8 Å². The van der Waals surface area contributed by atoms with Gasteiger partial charge in [-0.1, -0.05) is 35.3 Å². The lowest BCUT2D eigenvalue weighted by Gasteiger charge is -2.04. The molecule has 2 aromatic rings. The SMILES string of the molecule is O=C(c1ccc(F)c(Cl)c1)c1ccccc1Cl. The van der Waals surface area contributed by atoms with Gasteiger partial charge in [-0.25, -0.2) is 4.39 Å². The highest BCUT2D eigenvalue weighted by Gasteiger charge is 2.13. The summed E-state index contributed by atoms with van der Waals surface area (Å²) in [5.74, 6) is -0.833. The van der Waals surface area contributed by atoms with Gasteiger partial charge in [0.05, 0.1) is 10.0 Å². The van der Waals surface area contributed by atoms with Crippen LogP contribution in [0.1, 0.15) is 15.9 Å². The lowest BCUT2D eigenvalue weighted by atomic mass is 10.0. The first-order valence-corrected chi connectivity index (χ1v) is 5.59. The van der Waals surface area contributed by atoms with Crippen molar-refractivity contribution in [2.24, 2.45) is 0 Å². The molecule has 0 N–H and O–H groups in total. The van der Waals surface area contributed by atoms with Gasteiger partial charge in [0.25, 0.3) is 0 Å². The Morgan fingerprint density at radius 2 is 1.71 bits per heavy atom. The Bertz CT molecular complexity index is 581. The van der Waals surface area contributed by atoms with E-state index < -0.39 is 5.82 Å². The molecule has 4 heteroatoms. The number of carbonyl (C=O) groups is 1. The molecule has 1 nitrogen and oxygen atoms in total. The minimum Gasteiger partial charge on any atom is -0.289 e. The summed E-state index contributed by atoms with van der Waals surface area (Å²) in [7, 11) is 0. The van der Waals surface area contributed by atoms with Gasteiger partial charge in [-0.2, -0.15) is 0 Å². The Morgan fingerprint density at radius 1 is 1.00 bits per heavy atom. The van der Waals surface area contributed by atoms with Crippen LogP contribution in [0, 0.1) is 5.82 Å². The zero-order valence-electron chi connectivity index (χ0n) is 8.58. The van der Waals surface area contributed by atoms with Crippen LogP contribution in [-0.4, -0.2) is 5.78 Å². The normalized spacial score (nSPS) is 10.3. The summed E-state index contributed by atoms with van der Waals surface area (Å²) < 4.78 is 13.0. The number of hydrogen-bond donors (Lipinski definition) is 0. The standard InChI is InChI=1S/C13H7Cl2FO/c14-10-4-2-1-3-9(10)13(17)8-5-6-12(16)11(15)7-8/h1-7H. The molecule has 0 radical (unpaired) electrons. The second-order valence-corrected chi connectivity index (χ2v) is 4.25. The van der Waals surface area contributed by atoms with E-state index in [0.717, 1.165) is 6.07 Å². The van der Waals surface area contributed by atoms with Crippen LogP contribution in [0.3, 0.4) is 0 Å². The molecule has 86 valence electrons. The van der Waals surface area contributed by atoms with Crippen LogP contribution >= 0.6 is 23.2 Å². The molecule has 2 aromatic carbocycles. The number of hydrogen-bond acceptors (Lipinski definition) is 1. The topological polar surface area (TPSA) is 17.1 Å². The van der Waals surface area contributed by atoms with Crippen LogP contribution in [0.15, 0.2) is 42.5 Å². The molecular weight excluding hydrogens is 262 g/mol. The molecule has 17 heavy (non-hydrogen) atoms. The van der Waals surface area contributed by atoms with Crippen molar-refractivity contribution >= 4 is 29.0 Å².